The van der Waals surface area contributed by atoms with Gasteiger partial charge in [0.05, 0.1) is 6.10 Å². The Morgan fingerprint density at radius 1 is 1.28 bits per heavy atom. The average Bonchev–Trinajstić information content (AvgIpc) is 2.85. The first-order valence-electron chi connectivity index (χ1n) is 7.30. The highest BCUT2D eigenvalue weighted by Gasteiger charge is 2.24. The molecule has 0 spiro atoms. The van der Waals surface area contributed by atoms with Gasteiger partial charge in [-0.2, -0.15) is 0 Å². The lowest BCUT2D eigenvalue weighted by Crippen LogP contribution is -2.32. The van der Waals surface area contributed by atoms with Crippen molar-refractivity contribution < 1.29 is 5.11 Å². The third-order valence-electron chi connectivity index (χ3n) is 4.46. The van der Waals surface area contributed by atoms with Crippen LogP contribution in [0.3, 0.4) is 0 Å². The molecule has 2 aliphatic carbocycles. The Morgan fingerprint density at radius 3 is 3.11 bits per heavy atom. The second kappa shape index (κ2) is 5.72. The smallest absolute Gasteiger partial charge is 0.0543 e. The van der Waals surface area contributed by atoms with Crippen LogP contribution in [0.2, 0.25) is 0 Å². The molecule has 3 rings (SSSR count). The number of nitrogens with one attached hydrogen (secondary N) is 1. The lowest BCUT2D eigenvalue weighted by atomic mass is 9.86. The van der Waals surface area contributed by atoms with Gasteiger partial charge in [-0.3, -0.25) is 0 Å². The fourth-order valence-corrected chi connectivity index (χ4v) is 4.44. The molecule has 0 bridgehead atoms. The normalized spacial score (nSPS) is 32.2. The minimum Gasteiger partial charge on any atom is -0.393 e. The zero-order chi connectivity index (χ0) is 12.4. The van der Waals surface area contributed by atoms with Gasteiger partial charge in [0.1, 0.15) is 0 Å². The van der Waals surface area contributed by atoms with Gasteiger partial charge in [-0.25, -0.2) is 0 Å². The van der Waals surface area contributed by atoms with Gasteiger partial charge in [-0.1, -0.05) is 6.42 Å². The summed E-state index contributed by atoms with van der Waals surface area (Å²) in [6, 6.07) is 2.87. The molecule has 3 unspecified atom stereocenters. The van der Waals surface area contributed by atoms with Gasteiger partial charge in [0, 0.05) is 10.9 Å². The zero-order valence-electron chi connectivity index (χ0n) is 10.9. The van der Waals surface area contributed by atoms with E-state index < -0.39 is 0 Å². The highest BCUT2D eigenvalue weighted by Crippen LogP contribution is 2.33. The van der Waals surface area contributed by atoms with Gasteiger partial charge < -0.3 is 10.4 Å². The lowest BCUT2D eigenvalue weighted by Gasteiger charge is -2.29. The van der Waals surface area contributed by atoms with E-state index in [1.54, 1.807) is 10.4 Å². The molecule has 1 aromatic rings. The fraction of sp³-hybridized carbons (Fsp3) is 0.733. The van der Waals surface area contributed by atoms with Gasteiger partial charge in [-0.05, 0) is 68.0 Å². The monoisotopic (exact) mass is 265 g/mol. The van der Waals surface area contributed by atoms with Crippen LogP contribution in [0.15, 0.2) is 11.4 Å². The number of aryl methyl sites for hydroxylation is 1. The maximum Gasteiger partial charge on any atom is 0.0543 e. The van der Waals surface area contributed by atoms with E-state index in [-0.39, 0.29) is 6.10 Å². The van der Waals surface area contributed by atoms with Crippen molar-refractivity contribution in [1.82, 2.24) is 5.32 Å². The first kappa shape index (κ1) is 12.6. The Hall–Kier alpha value is -0.380. The van der Waals surface area contributed by atoms with Gasteiger partial charge >= 0.3 is 0 Å². The van der Waals surface area contributed by atoms with E-state index in [1.165, 1.54) is 32.1 Å². The van der Waals surface area contributed by atoms with Crippen molar-refractivity contribution in [2.24, 2.45) is 5.92 Å². The minimum atomic E-state index is -0.0476. The molecule has 2 N–H and O–H groups in total. The maximum absolute atomic E-state index is 9.72. The summed E-state index contributed by atoms with van der Waals surface area (Å²) in [6.07, 6.45) is 8.30. The molecule has 1 fully saturated rings. The second-order valence-corrected chi connectivity index (χ2v) is 6.84. The molecule has 0 radical (unpaired) electrons. The SMILES string of the molecule is OC1CCCC(CNC2CCCc3sccc32)C1. The van der Waals surface area contributed by atoms with E-state index in [4.69, 9.17) is 0 Å². The molecule has 0 saturated heterocycles. The third kappa shape index (κ3) is 2.79. The van der Waals surface area contributed by atoms with Crippen LogP contribution in [-0.4, -0.2) is 17.8 Å². The summed E-state index contributed by atoms with van der Waals surface area (Å²) in [6.45, 7) is 1.08. The first-order chi connectivity index (χ1) is 8.83. The molecule has 18 heavy (non-hydrogen) atoms. The maximum atomic E-state index is 9.72. The Kier molecular flexibility index (Phi) is 4.02. The van der Waals surface area contributed by atoms with Crippen LogP contribution in [0, 0.1) is 5.92 Å². The quantitative estimate of drug-likeness (QED) is 0.879. The van der Waals surface area contributed by atoms with Crippen molar-refractivity contribution in [1.29, 1.82) is 0 Å². The van der Waals surface area contributed by atoms with Crippen molar-refractivity contribution in [2.45, 2.75) is 57.1 Å². The zero-order valence-corrected chi connectivity index (χ0v) is 11.7. The molecule has 1 saturated carbocycles. The van der Waals surface area contributed by atoms with Gasteiger partial charge in [-0.15, -0.1) is 11.3 Å². The third-order valence-corrected chi connectivity index (χ3v) is 5.46. The van der Waals surface area contributed by atoms with Gasteiger partial charge in [0.25, 0.3) is 0 Å². The van der Waals surface area contributed by atoms with Crippen LogP contribution in [0.25, 0.3) is 0 Å². The van der Waals surface area contributed by atoms with E-state index in [0.29, 0.717) is 12.0 Å². The predicted molar refractivity (Wildman–Crippen MR) is 76.0 cm³/mol. The van der Waals surface area contributed by atoms with Gasteiger partial charge in [0.15, 0.2) is 0 Å². The Balaban J connectivity index is 1.55. The summed E-state index contributed by atoms with van der Waals surface area (Å²) in [5.41, 5.74) is 1.54. The minimum absolute atomic E-state index is 0.0476. The number of rotatable bonds is 3. The van der Waals surface area contributed by atoms with Crippen molar-refractivity contribution in [3.63, 3.8) is 0 Å². The molecule has 100 valence electrons. The average molecular weight is 265 g/mol. The molecule has 1 heterocycles. The van der Waals surface area contributed by atoms with Crippen LogP contribution < -0.4 is 5.32 Å². The molecule has 0 aliphatic heterocycles. The second-order valence-electron chi connectivity index (χ2n) is 5.84. The summed E-state index contributed by atoms with van der Waals surface area (Å²) in [5.74, 6) is 0.678. The Bertz CT molecular complexity index is 390. The fourth-order valence-electron chi connectivity index (χ4n) is 3.46. The van der Waals surface area contributed by atoms with Crippen molar-refractivity contribution in [3.8, 4) is 0 Å². The molecule has 1 aromatic heterocycles. The first-order valence-corrected chi connectivity index (χ1v) is 8.18. The van der Waals surface area contributed by atoms with Crippen LogP contribution >= 0.6 is 11.3 Å². The summed E-state index contributed by atoms with van der Waals surface area (Å²) >= 11 is 1.91. The number of hydrogen-bond acceptors (Lipinski definition) is 3. The van der Waals surface area contributed by atoms with Crippen molar-refractivity contribution >= 4 is 11.3 Å². The Morgan fingerprint density at radius 2 is 2.22 bits per heavy atom. The van der Waals surface area contributed by atoms with Crippen LogP contribution in [-0.2, 0) is 6.42 Å². The number of aliphatic hydroxyl groups is 1. The molecule has 0 amide bonds. The summed E-state index contributed by atoms with van der Waals surface area (Å²) in [7, 11) is 0. The van der Waals surface area contributed by atoms with Gasteiger partial charge in [0.2, 0.25) is 0 Å². The summed E-state index contributed by atoms with van der Waals surface area (Å²) < 4.78 is 0. The van der Waals surface area contributed by atoms with E-state index >= 15 is 0 Å². The standard InChI is InChI=1S/C15H23NOS/c17-12-4-1-3-11(9-12)10-16-14-5-2-6-15-13(14)7-8-18-15/h7-8,11-12,14,16-17H,1-6,9-10H2. The largest absolute Gasteiger partial charge is 0.393 e. The van der Waals surface area contributed by atoms with E-state index in [9.17, 15) is 5.11 Å². The van der Waals surface area contributed by atoms with E-state index in [0.717, 1.165) is 19.4 Å². The molecular formula is C15H23NOS. The molecular weight excluding hydrogens is 242 g/mol. The number of aliphatic hydroxyl groups excluding tert-OH is 1. The topological polar surface area (TPSA) is 32.3 Å². The van der Waals surface area contributed by atoms with Crippen molar-refractivity contribution in [2.75, 3.05) is 6.54 Å². The number of thiophene rings is 1. The highest BCUT2D eigenvalue weighted by atomic mass is 32.1. The molecule has 3 atom stereocenters. The number of fused-ring (bicyclic) bond motifs is 1. The Labute approximate surface area is 113 Å². The van der Waals surface area contributed by atoms with Crippen molar-refractivity contribution in [3.05, 3.63) is 21.9 Å². The lowest BCUT2D eigenvalue weighted by molar-refractivity contribution is 0.0993. The van der Waals surface area contributed by atoms with Crippen LogP contribution in [0.5, 0.6) is 0 Å². The van der Waals surface area contributed by atoms with Crippen LogP contribution in [0.1, 0.15) is 55.0 Å². The van der Waals surface area contributed by atoms with E-state index in [1.807, 2.05) is 11.3 Å². The predicted octanol–water partition coefficient (Wildman–Crippen LogP) is 3.27. The molecule has 2 aliphatic rings. The van der Waals surface area contributed by atoms with Crippen LogP contribution in [0.4, 0.5) is 0 Å². The molecule has 2 nitrogen and oxygen atoms in total. The van der Waals surface area contributed by atoms with E-state index in [2.05, 4.69) is 16.8 Å². The summed E-state index contributed by atoms with van der Waals surface area (Å²) in [4.78, 5) is 1.59. The highest BCUT2D eigenvalue weighted by molar-refractivity contribution is 7.10. The molecule has 0 aromatic carbocycles. The summed E-state index contributed by atoms with van der Waals surface area (Å²) in [5, 5.41) is 15.7. The molecule has 3 heteroatoms. The number of hydrogen-bond donors (Lipinski definition) is 2.